The van der Waals surface area contributed by atoms with Gasteiger partial charge in [0, 0.05) is 0 Å². The highest BCUT2D eigenvalue weighted by atomic mass is 19.2. The van der Waals surface area contributed by atoms with Crippen LogP contribution in [-0.4, -0.2) is 26.2 Å². The molecule has 0 aliphatic carbocycles. The van der Waals surface area contributed by atoms with Crippen LogP contribution in [0.25, 0.3) is 0 Å². The quantitative estimate of drug-likeness (QED) is 0.845. The van der Waals surface area contributed by atoms with E-state index in [0.29, 0.717) is 31.1 Å². The fourth-order valence-corrected chi connectivity index (χ4v) is 2.07. The van der Waals surface area contributed by atoms with Gasteiger partial charge >= 0.3 is 0 Å². The normalized spacial score (nSPS) is 16.7. The molecule has 0 bridgehead atoms. The van der Waals surface area contributed by atoms with E-state index < -0.39 is 17.7 Å². The lowest BCUT2D eigenvalue weighted by Gasteiger charge is -2.29. The molecule has 0 spiro atoms. The molecular formula is C12H15F3N2O. The third-order valence-electron chi connectivity index (χ3n) is 3.11. The molecule has 1 saturated heterocycles. The Labute approximate surface area is 103 Å². The van der Waals surface area contributed by atoms with E-state index in [9.17, 15) is 13.3 Å². The van der Waals surface area contributed by atoms with Crippen LogP contribution in [-0.2, 0) is 0 Å². The number of ether oxygens (including phenoxy) is 1. The molecule has 1 heterocycles. The number of halogens is 3. The van der Waals surface area contributed by atoms with Crippen molar-refractivity contribution in [1.29, 1.82) is 0 Å². The molecule has 2 rings (SSSR count). The zero-order chi connectivity index (χ0) is 13.1. The molecule has 0 saturated carbocycles. The highest BCUT2D eigenvalue weighted by Gasteiger charge is 2.26. The lowest BCUT2D eigenvalue weighted by Crippen LogP contribution is -2.39. The summed E-state index contributed by atoms with van der Waals surface area (Å²) < 4.78 is 45.9. The number of nitrogens with one attached hydrogen (secondary N) is 1. The van der Waals surface area contributed by atoms with Crippen molar-refractivity contribution in [3.63, 3.8) is 0 Å². The molecule has 0 unspecified atom stereocenters. The summed E-state index contributed by atoms with van der Waals surface area (Å²) in [5.41, 5.74) is -0.375. The lowest BCUT2D eigenvalue weighted by atomic mass is 10.1. The van der Waals surface area contributed by atoms with Crippen molar-refractivity contribution in [3.8, 4) is 5.75 Å². The monoisotopic (exact) mass is 260 g/mol. The van der Waals surface area contributed by atoms with Crippen molar-refractivity contribution in [2.24, 2.45) is 0 Å². The van der Waals surface area contributed by atoms with Gasteiger partial charge in [0.1, 0.15) is 5.69 Å². The second kappa shape index (κ2) is 5.48. The number of nitrogens with zero attached hydrogens (tertiary/aromatic N) is 1. The maximum absolute atomic E-state index is 14.1. The van der Waals surface area contributed by atoms with Gasteiger partial charge in [-0.2, -0.15) is 4.39 Å². The number of benzene rings is 1. The molecule has 6 heteroatoms. The number of anilines is 1. The molecule has 100 valence electrons. The maximum atomic E-state index is 14.1. The molecule has 1 aromatic rings. The van der Waals surface area contributed by atoms with E-state index in [2.05, 4.69) is 10.1 Å². The Kier molecular flexibility index (Phi) is 3.96. The Hall–Kier alpha value is -1.43. The van der Waals surface area contributed by atoms with Gasteiger partial charge in [0.05, 0.1) is 13.2 Å². The Morgan fingerprint density at radius 1 is 1.22 bits per heavy atom. The number of hydrogen-bond acceptors (Lipinski definition) is 3. The summed E-state index contributed by atoms with van der Waals surface area (Å²) in [5, 5.41) is 3.40. The third kappa shape index (κ3) is 2.38. The highest BCUT2D eigenvalue weighted by Crippen LogP contribution is 2.31. The average Bonchev–Trinajstić information content (AvgIpc) is 2.42. The van der Waals surface area contributed by atoms with Crippen molar-refractivity contribution < 1.29 is 18.0 Å². The van der Waals surface area contributed by atoms with Gasteiger partial charge < -0.3 is 10.1 Å². The second-order valence-electron chi connectivity index (χ2n) is 4.21. The summed E-state index contributed by atoms with van der Waals surface area (Å²) in [7, 11) is 1.23. The predicted molar refractivity (Wildman–Crippen MR) is 62.4 cm³/mol. The van der Waals surface area contributed by atoms with Gasteiger partial charge in [-0.1, -0.05) is 4.48 Å². The maximum Gasteiger partial charge on any atom is 0.202 e. The van der Waals surface area contributed by atoms with Crippen molar-refractivity contribution in [2.75, 3.05) is 25.3 Å². The van der Waals surface area contributed by atoms with Crippen molar-refractivity contribution >= 4 is 5.69 Å². The lowest BCUT2D eigenvalue weighted by molar-refractivity contribution is 0.303. The minimum atomic E-state index is -1.21. The van der Waals surface area contributed by atoms with Crippen LogP contribution in [0, 0.1) is 11.6 Å². The van der Waals surface area contributed by atoms with Crippen molar-refractivity contribution in [1.82, 2.24) is 5.32 Å². The first-order valence-electron chi connectivity index (χ1n) is 5.83. The van der Waals surface area contributed by atoms with Crippen LogP contribution in [0.15, 0.2) is 12.1 Å². The van der Waals surface area contributed by atoms with E-state index in [1.807, 2.05) is 0 Å². The van der Waals surface area contributed by atoms with Gasteiger partial charge in [-0.25, -0.2) is 9.51 Å². The SMILES string of the molecule is COc1ccc(N(F)C2CCNCC2)c(F)c1F. The molecule has 3 nitrogen and oxygen atoms in total. The van der Waals surface area contributed by atoms with E-state index in [4.69, 9.17) is 0 Å². The second-order valence-corrected chi connectivity index (χ2v) is 4.21. The van der Waals surface area contributed by atoms with Gasteiger partial charge in [-0.05, 0) is 38.1 Å². The number of methoxy groups -OCH3 is 1. The van der Waals surface area contributed by atoms with Gasteiger partial charge in [0.15, 0.2) is 11.6 Å². The summed E-state index contributed by atoms with van der Waals surface area (Å²) >= 11 is 0. The van der Waals surface area contributed by atoms with Crippen LogP contribution < -0.4 is 15.2 Å². The number of piperidine rings is 1. The molecule has 1 aliphatic rings. The molecule has 0 atom stereocenters. The van der Waals surface area contributed by atoms with E-state index in [0.717, 1.165) is 0 Å². The van der Waals surface area contributed by atoms with Crippen LogP contribution in [0.1, 0.15) is 12.8 Å². The number of hydrogen-bond donors (Lipinski definition) is 1. The molecule has 1 aliphatic heterocycles. The highest BCUT2D eigenvalue weighted by molar-refractivity contribution is 5.50. The summed E-state index contributed by atoms with van der Waals surface area (Å²) in [6.45, 7) is 1.34. The van der Waals surface area contributed by atoms with Gasteiger partial charge in [0.2, 0.25) is 5.82 Å². The smallest absolute Gasteiger partial charge is 0.202 e. The first-order chi connectivity index (χ1) is 8.65. The molecule has 0 radical (unpaired) electrons. The van der Waals surface area contributed by atoms with E-state index in [1.165, 1.54) is 19.2 Å². The molecule has 18 heavy (non-hydrogen) atoms. The van der Waals surface area contributed by atoms with E-state index in [-0.39, 0.29) is 11.4 Å². The summed E-state index contributed by atoms with van der Waals surface area (Å²) in [6.07, 6.45) is 1.12. The van der Waals surface area contributed by atoms with Gasteiger partial charge in [0.25, 0.3) is 0 Å². The summed E-state index contributed by atoms with van der Waals surface area (Å²) in [5.74, 6) is -2.60. The fraction of sp³-hybridized carbons (Fsp3) is 0.500. The van der Waals surface area contributed by atoms with Crippen molar-refractivity contribution in [2.45, 2.75) is 18.9 Å². The summed E-state index contributed by atoms with van der Waals surface area (Å²) in [6, 6.07) is 1.99. The minimum Gasteiger partial charge on any atom is -0.494 e. The van der Waals surface area contributed by atoms with Crippen LogP contribution in [0.2, 0.25) is 0 Å². The molecule has 1 fully saturated rings. The zero-order valence-corrected chi connectivity index (χ0v) is 10.0. The molecule has 0 aromatic heterocycles. The van der Waals surface area contributed by atoms with Gasteiger partial charge in [-0.15, -0.1) is 0 Å². The first kappa shape index (κ1) is 13.0. The molecule has 1 N–H and O–H groups in total. The molecule has 0 amide bonds. The fourth-order valence-electron chi connectivity index (χ4n) is 2.07. The Bertz CT molecular complexity index is 422. The van der Waals surface area contributed by atoms with Crippen molar-refractivity contribution in [3.05, 3.63) is 23.8 Å². The Morgan fingerprint density at radius 3 is 2.50 bits per heavy atom. The molecular weight excluding hydrogens is 245 g/mol. The predicted octanol–water partition coefficient (Wildman–Crippen LogP) is 2.42. The minimum absolute atomic E-state index is 0.227. The van der Waals surface area contributed by atoms with Crippen LogP contribution in [0.4, 0.5) is 18.9 Å². The molecule has 1 aromatic carbocycles. The van der Waals surface area contributed by atoms with Crippen LogP contribution in [0.3, 0.4) is 0 Å². The van der Waals surface area contributed by atoms with E-state index in [1.54, 1.807) is 0 Å². The Morgan fingerprint density at radius 2 is 1.89 bits per heavy atom. The number of rotatable bonds is 3. The van der Waals surface area contributed by atoms with Crippen LogP contribution in [0.5, 0.6) is 5.75 Å². The Balaban J connectivity index is 2.24. The zero-order valence-electron chi connectivity index (χ0n) is 10.0. The van der Waals surface area contributed by atoms with Crippen LogP contribution >= 0.6 is 0 Å². The third-order valence-corrected chi connectivity index (χ3v) is 3.11. The average molecular weight is 260 g/mol. The standard InChI is InChI=1S/C12H15F3N2O/c1-18-10-3-2-9(11(13)12(10)14)17(15)8-4-6-16-7-5-8/h2-3,8,16H,4-7H2,1H3. The largest absolute Gasteiger partial charge is 0.494 e. The van der Waals surface area contributed by atoms with E-state index >= 15 is 0 Å². The topological polar surface area (TPSA) is 24.5 Å². The first-order valence-corrected chi connectivity index (χ1v) is 5.83. The van der Waals surface area contributed by atoms with Gasteiger partial charge in [-0.3, -0.25) is 0 Å². The summed E-state index contributed by atoms with van der Waals surface area (Å²) in [4.78, 5) is 0.